The summed E-state index contributed by atoms with van der Waals surface area (Å²) in [5, 5.41) is 12.0. The van der Waals surface area contributed by atoms with Gasteiger partial charge in [0.2, 0.25) is 0 Å². The van der Waals surface area contributed by atoms with Crippen molar-refractivity contribution in [3.05, 3.63) is 69.8 Å². The van der Waals surface area contributed by atoms with Crippen molar-refractivity contribution in [1.29, 1.82) is 0 Å². The summed E-state index contributed by atoms with van der Waals surface area (Å²) in [5.41, 5.74) is 6.68. The van der Waals surface area contributed by atoms with Gasteiger partial charge in [-0.15, -0.1) is 11.3 Å². The zero-order chi connectivity index (χ0) is 23.0. The molecule has 33 heavy (non-hydrogen) atoms. The quantitative estimate of drug-likeness (QED) is 0.232. The molecule has 1 amide bonds. The first-order valence-electron chi connectivity index (χ1n) is 10.7. The van der Waals surface area contributed by atoms with Crippen molar-refractivity contribution in [1.82, 2.24) is 19.8 Å². The first-order valence-corrected chi connectivity index (χ1v) is 11.6. The largest absolute Gasteiger partial charge is 0.490 e. The van der Waals surface area contributed by atoms with E-state index in [1.54, 1.807) is 36.1 Å². The Morgan fingerprint density at radius 3 is 2.67 bits per heavy atom. The van der Waals surface area contributed by atoms with Gasteiger partial charge in [-0.05, 0) is 49.6 Å². The number of hydrogen-bond donors (Lipinski definition) is 2. The van der Waals surface area contributed by atoms with Gasteiger partial charge in [0.25, 0.3) is 5.91 Å². The SMILES string of the molecule is COCCOc1ccc2nc(C)c(-c3csc(C4(c5ccc(C(=O)NO)cc5)CC4)n3)n2c1. The molecule has 170 valence electrons. The molecule has 0 spiro atoms. The molecular weight excluding hydrogens is 440 g/mol. The molecule has 1 aliphatic carbocycles. The van der Waals surface area contributed by atoms with Crippen LogP contribution in [0.1, 0.15) is 39.5 Å². The van der Waals surface area contributed by atoms with E-state index < -0.39 is 5.91 Å². The number of ether oxygens (including phenoxy) is 2. The van der Waals surface area contributed by atoms with E-state index in [2.05, 4.69) is 5.38 Å². The minimum absolute atomic E-state index is 0.125. The van der Waals surface area contributed by atoms with Gasteiger partial charge in [0.05, 0.1) is 24.2 Å². The van der Waals surface area contributed by atoms with E-state index in [-0.39, 0.29) is 5.41 Å². The molecule has 9 heteroatoms. The minimum atomic E-state index is -0.517. The van der Waals surface area contributed by atoms with Crippen molar-refractivity contribution in [3.63, 3.8) is 0 Å². The van der Waals surface area contributed by atoms with Gasteiger partial charge in [0, 0.05) is 23.5 Å². The fourth-order valence-electron chi connectivity index (χ4n) is 4.14. The fraction of sp³-hybridized carbons (Fsp3) is 0.292. The lowest BCUT2D eigenvalue weighted by Crippen LogP contribution is -2.18. The van der Waals surface area contributed by atoms with Crippen LogP contribution in [-0.2, 0) is 10.2 Å². The number of rotatable bonds is 8. The predicted octanol–water partition coefficient (Wildman–Crippen LogP) is 3.99. The maximum atomic E-state index is 11.6. The van der Waals surface area contributed by atoms with Gasteiger partial charge in [0.1, 0.15) is 28.7 Å². The number of methoxy groups -OCH3 is 1. The lowest BCUT2D eigenvalue weighted by Gasteiger charge is -2.13. The number of hydrogen-bond acceptors (Lipinski definition) is 7. The molecule has 4 aromatic rings. The number of fused-ring (bicyclic) bond motifs is 1. The summed E-state index contributed by atoms with van der Waals surface area (Å²) in [4.78, 5) is 21.4. The van der Waals surface area contributed by atoms with Gasteiger partial charge in [-0.2, -0.15) is 0 Å². The van der Waals surface area contributed by atoms with Crippen LogP contribution in [0.4, 0.5) is 0 Å². The lowest BCUT2D eigenvalue weighted by molar-refractivity contribution is 0.0706. The van der Waals surface area contributed by atoms with Gasteiger partial charge >= 0.3 is 0 Å². The molecule has 1 saturated carbocycles. The average molecular weight is 465 g/mol. The summed E-state index contributed by atoms with van der Waals surface area (Å²) in [5.74, 6) is 0.232. The van der Waals surface area contributed by atoms with Gasteiger partial charge < -0.3 is 9.47 Å². The normalized spacial score (nSPS) is 14.4. The van der Waals surface area contributed by atoms with Crippen LogP contribution in [0.25, 0.3) is 17.0 Å². The molecule has 0 aliphatic heterocycles. The number of pyridine rings is 1. The van der Waals surface area contributed by atoms with E-state index >= 15 is 0 Å². The van der Waals surface area contributed by atoms with E-state index in [4.69, 9.17) is 24.6 Å². The van der Waals surface area contributed by atoms with Crippen LogP contribution in [-0.4, -0.2) is 45.8 Å². The molecule has 0 atom stereocenters. The Morgan fingerprint density at radius 1 is 1.18 bits per heavy atom. The Bertz CT molecular complexity index is 1310. The van der Waals surface area contributed by atoms with Crippen LogP contribution in [0.5, 0.6) is 5.75 Å². The maximum Gasteiger partial charge on any atom is 0.274 e. The molecule has 3 aromatic heterocycles. The highest BCUT2D eigenvalue weighted by atomic mass is 32.1. The summed E-state index contributed by atoms with van der Waals surface area (Å²) in [6.45, 7) is 2.99. The van der Waals surface area contributed by atoms with Crippen LogP contribution >= 0.6 is 11.3 Å². The number of carbonyl (C=O) groups is 1. The van der Waals surface area contributed by atoms with Gasteiger partial charge in [-0.3, -0.25) is 14.4 Å². The highest BCUT2D eigenvalue weighted by Gasteiger charge is 2.48. The van der Waals surface area contributed by atoms with Crippen LogP contribution in [0.3, 0.4) is 0 Å². The molecule has 2 N–H and O–H groups in total. The smallest absolute Gasteiger partial charge is 0.274 e. The first kappa shape index (κ1) is 21.6. The monoisotopic (exact) mass is 464 g/mol. The molecule has 3 heterocycles. The molecule has 0 bridgehead atoms. The predicted molar refractivity (Wildman–Crippen MR) is 124 cm³/mol. The van der Waals surface area contributed by atoms with Gasteiger partial charge in [-0.25, -0.2) is 15.4 Å². The molecule has 5 rings (SSSR count). The number of aromatic nitrogens is 3. The highest BCUT2D eigenvalue weighted by molar-refractivity contribution is 7.10. The molecular formula is C24H24N4O4S. The molecule has 1 fully saturated rings. The van der Waals surface area contributed by atoms with Crippen molar-refractivity contribution in [2.75, 3.05) is 20.3 Å². The number of nitrogens with zero attached hydrogens (tertiary/aromatic N) is 3. The van der Waals surface area contributed by atoms with Crippen molar-refractivity contribution < 1.29 is 19.5 Å². The second kappa shape index (κ2) is 8.58. The van der Waals surface area contributed by atoms with Gasteiger partial charge in [0.15, 0.2) is 0 Å². The average Bonchev–Trinajstić information content (AvgIpc) is 3.38. The zero-order valence-electron chi connectivity index (χ0n) is 18.4. The summed E-state index contributed by atoms with van der Waals surface area (Å²) < 4.78 is 12.9. The lowest BCUT2D eigenvalue weighted by atomic mass is 9.95. The van der Waals surface area contributed by atoms with Crippen molar-refractivity contribution >= 4 is 22.9 Å². The fourth-order valence-corrected chi connectivity index (χ4v) is 5.22. The summed E-state index contributed by atoms with van der Waals surface area (Å²) in [7, 11) is 1.65. The van der Waals surface area contributed by atoms with E-state index in [9.17, 15) is 4.79 Å². The Hall–Kier alpha value is -3.27. The molecule has 1 aromatic carbocycles. The topological polar surface area (TPSA) is 98.0 Å². The first-order chi connectivity index (χ1) is 16.1. The number of aryl methyl sites for hydroxylation is 1. The highest BCUT2D eigenvalue weighted by Crippen LogP contribution is 2.54. The third-order valence-corrected chi connectivity index (χ3v) is 7.08. The zero-order valence-corrected chi connectivity index (χ0v) is 19.2. The van der Waals surface area contributed by atoms with Crippen LogP contribution < -0.4 is 10.2 Å². The van der Waals surface area contributed by atoms with Crippen molar-refractivity contribution in [2.24, 2.45) is 0 Å². The number of nitrogens with one attached hydrogen (secondary N) is 1. The Morgan fingerprint density at radius 2 is 1.97 bits per heavy atom. The van der Waals surface area contributed by atoms with Gasteiger partial charge in [-0.1, -0.05) is 12.1 Å². The summed E-state index contributed by atoms with van der Waals surface area (Å²) in [6.07, 6.45) is 3.96. The number of benzene rings is 1. The van der Waals surface area contributed by atoms with E-state index in [0.29, 0.717) is 18.8 Å². The maximum absolute atomic E-state index is 11.6. The third kappa shape index (κ3) is 3.88. The summed E-state index contributed by atoms with van der Waals surface area (Å²) in [6, 6.07) is 11.2. The summed E-state index contributed by atoms with van der Waals surface area (Å²) >= 11 is 1.65. The van der Waals surface area contributed by atoms with E-state index in [0.717, 1.165) is 51.9 Å². The molecule has 0 unspecified atom stereocenters. The van der Waals surface area contributed by atoms with E-state index in [1.165, 1.54) is 0 Å². The number of amides is 1. The Balaban J connectivity index is 1.46. The minimum Gasteiger partial charge on any atom is -0.490 e. The molecule has 0 radical (unpaired) electrons. The number of carbonyl (C=O) groups excluding carboxylic acids is 1. The third-order valence-electron chi connectivity index (χ3n) is 6.03. The van der Waals surface area contributed by atoms with Crippen molar-refractivity contribution in [3.8, 4) is 17.1 Å². The molecule has 1 aliphatic rings. The number of imidazole rings is 1. The van der Waals surface area contributed by atoms with Crippen LogP contribution in [0, 0.1) is 6.92 Å². The second-order valence-electron chi connectivity index (χ2n) is 8.12. The molecule has 0 saturated heterocycles. The molecule has 8 nitrogen and oxygen atoms in total. The second-order valence-corrected chi connectivity index (χ2v) is 8.98. The van der Waals surface area contributed by atoms with Crippen LogP contribution in [0.2, 0.25) is 0 Å². The van der Waals surface area contributed by atoms with E-state index in [1.807, 2.05) is 41.8 Å². The number of hydroxylamine groups is 1. The standard InChI is InChI=1S/C24H24N4O4S/c1-15-21(28-13-18(32-12-11-31-2)7-8-20(28)25-15)19-14-33-23(26-19)24(9-10-24)17-5-3-16(4-6-17)22(29)27-30/h3-8,13-14,30H,9-12H2,1-2H3,(H,27,29). The Kier molecular flexibility index (Phi) is 5.61. The number of thiazole rings is 1. The van der Waals surface area contributed by atoms with Crippen molar-refractivity contribution in [2.45, 2.75) is 25.2 Å². The van der Waals surface area contributed by atoms with Crippen LogP contribution in [0.15, 0.2) is 48.0 Å². The Labute approximate surface area is 194 Å².